The Kier molecular flexibility index (Phi) is 6.70. The highest BCUT2D eigenvalue weighted by molar-refractivity contribution is 5.41. The summed E-state index contributed by atoms with van der Waals surface area (Å²) in [6, 6.07) is 3.87. The molecule has 13 heteroatoms. The number of aliphatic hydroxyl groups excluding tert-OH is 1. The Morgan fingerprint density at radius 1 is 1.22 bits per heavy atom. The van der Waals surface area contributed by atoms with E-state index < -0.39 is 34.5 Å². The summed E-state index contributed by atoms with van der Waals surface area (Å²) < 4.78 is 29.2. The largest absolute Gasteiger partial charge is 0.502 e. The first-order chi connectivity index (χ1) is 17.7. The van der Waals surface area contributed by atoms with Crippen molar-refractivity contribution in [3.05, 3.63) is 67.8 Å². The molecule has 0 radical (unpaired) electrons. The predicted octanol–water partition coefficient (Wildman–Crippen LogP) is 0.140. The van der Waals surface area contributed by atoms with E-state index in [2.05, 4.69) is 15.4 Å². The van der Waals surface area contributed by atoms with Crippen LogP contribution in [-0.2, 0) is 35.0 Å². The summed E-state index contributed by atoms with van der Waals surface area (Å²) in [5.41, 5.74) is -1.23. The first-order valence-corrected chi connectivity index (χ1v) is 12.0. The Morgan fingerprint density at radius 2 is 1.97 bits per heavy atom. The van der Waals surface area contributed by atoms with Gasteiger partial charge in [-0.1, -0.05) is 6.07 Å². The normalized spacial score (nSPS) is 17.9. The van der Waals surface area contributed by atoms with Gasteiger partial charge in [-0.3, -0.25) is 19.2 Å². The molecule has 1 spiro atoms. The van der Waals surface area contributed by atoms with E-state index in [0.29, 0.717) is 56.5 Å². The minimum Gasteiger partial charge on any atom is -0.502 e. The molecule has 5 rings (SSSR count). The molecule has 37 heavy (non-hydrogen) atoms. The van der Waals surface area contributed by atoms with Crippen LogP contribution < -0.4 is 16.6 Å². The molecule has 0 amide bonds. The van der Waals surface area contributed by atoms with Crippen LogP contribution in [0.2, 0.25) is 0 Å². The number of halogens is 1. The number of ether oxygens (including phenoxy) is 2. The summed E-state index contributed by atoms with van der Waals surface area (Å²) in [7, 11) is 1.56. The van der Waals surface area contributed by atoms with Crippen LogP contribution in [0.5, 0.6) is 5.75 Å². The second kappa shape index (κ2) is 9.82. The number of hydrogen-bond acceptors (Lipinski definition) is 9. The molecule has 2 aliphatic rings. The zero-order valence-corrected chi connectivity index (χ0v) is 20.6. The summed E-state index contributed by atoms with van der Waals surface area (Å²) >= 11 is 0. The van der Waals surface area contributed by atoms with Crippen LogP contribution in [0.4, 0.5) is 4.39 Å². The summed E-state index contributed by atoms with van der Waals surface area (Å²) in [5.74, 6) is -0.330. The molecule has 1 fully saturated rings. The van der Waals surface area contributed by atoms with E-state index in [4.69, 9.17) is 9.47 Å². The molecule has 3 N–H and O–H groups in total. The molecule has 0 aliphatic carbocycles. The first kappa shape index (κ1) is 25.3. The quantitative estimate of drug-likeness (QED) is 0.403. The molecule has 198 valence electrons. The highest BCUT2D eigenvalue weighted by atomic mass is 19.1. The number of nitrogens with one attached hydrogen (secondary N) is 1. The standard InChI is InChI=1S/C24H29FN6O6/c1-14-28-31(23(35)29(14)2)17-11-16(25)4-3-15(17)12-26-20(33)18-19(32)21(34)30-7-10-37-13-24(22(30)27-18)5-8-36-9-6-24/h3-4,11,20,26,32-33H,5-10,12-13H2,1-2H3. The van der Waals surface area contributed by atoms with Crippen molar-refractivity contribution < 1.29 is 24.1 Å². The lowest BCUT2D eigenvalue weighted by Crippen LogP contribution is -2.43. The highest BCUT2D eigenvalue weighted by Crippen LogP contribution is 2.36. The van der Waals surface area contributed by atoms with Crippen LogP contribution in [0.1, 0.15) is 42.0 Å². The minimum absolute atomic E-state index is 0.0412. The van der Waals surface area contributed by atoms with Crippen LogP contribution in [0, 0.1) is 12.7 Å². The number of aromatic hydroxyl groups is 1. The van der Waals surface area contributed by atoms with Crippen LogP contribution in [-0.4, -0.2) is 60.5 Å². The van der Waals surface area contributed by atoms with Crippen LogP contribution in [0.15, 0.2) is 27.8 Å². The lowest BCUT2D eigenvalue weighted by atomic mass is 9.80. The zero-order chi connectivity index (χ0) is 26.3. The highest BCUT2D eigenvalue weighted by Gasteiger charge is 2.41. The average molecular weight is 517 g/mol. The van der Waals surface area contributed by atoms with Crippen LogP contribution in [0.3, 0.4) is 0 Å². The second-order valence-electron chi connectivity index (χ2n) is 9.43. The van der Waals surface area contributed by atoms with Crippen LogP contribution in [0.25, 0.3) is 5.69 Å². The number of fused-ring (bicyclic) bond motifs is 2. The monoisotopic (exact) mass is 516 g/mol. The maximum Gasteiger partial charge on any atom is 0.350 e. The Hall–Kier alpha value is -3.39. The van der Waals surface area contributed by atoms with Gasteiger partial charge in [0.2, 0.25) is 5.75 Å². The molecule has 0 bridgehead atoms. The third-order valence-electron chi connectivity index (χ3n) is 7.15. The summed E-state index contributed by atoms with van der Waals surface area (Å²) in [5, 5.41) is 28.6. The number of rotatable bonds is 5. The molecule has 4 heterocycles. The molecular weight excluding hydrogens is 487 g/mol. The van der Waals surface area contributed by atoms with Crippen molar-refractivity contribution in [1.29, 1.82) is 0 Å². The van der Waals surface area contributed by atoms with Gasteiger partial charge in [-0.2, -0.15) is 9.78 Å². The number of aliphatic hydroxyl groups is 1. The maximum atomic E-state index is 14.1. The van der Waals surface area contributed by atoms with Crippen molar-refractivity contribution in [2.75, 3.05) is 26.4 Å². The van der Waals surface area contributed by atoms with Gasteiger partial charge >= 0.3 is 5.69 Å². The van der Waals surface area contributed by atoms with Gasteiger partial charge in [-0.05, 0) is 31.4 Å². The fraction of sp³-hybridized carbons (Fsp3) is 0.500. The van der Waals surface area contributed by atoms with Crippen molar-refractivity contribution in [1.82, 2.24) is 29.2 Å². The third kappa shape index (κ3) is 4.48. The van der Waals surface area contributed by atoms with E-state index in [1.165, 1.54) is 27.3 Å². The topological polar surface area (TPSA) is 146 Å². The molecule has 3 aromatic rings. The molecule has 2 aromatic heterocycles. The van der Waals surface area contributed by atoms with Gasteiger partial charge in [0.1, 0.15) is 23.2 Å². The number of aromatic nitrogens is 5. The van der Waals surface area contributed by atoms with E-state index in [1.807, 2.05) is 0 Å². The molecule has 2 aliphatic heterocycles. The fourth-order valence-electron chi connectivity index (χ4n) is 4.86. The summed E-state index contributed by atoms with van der Waals surface area (Å²) in [6.07, 6.45) is -0.353. The lowest BCUT2D eigenvalue weighted by molar-refractivity contribution is 0.00387. The van der Waals surface area contributed by atoms with Gasteiger partial charge in [-0.15, -0.1) is 0 Å². The van der Waals surface area contributed by atoms with Crippen molar-refractivity contribution in [3.63, 3.8) is 0 Å². The van der Waals surface area contributed by atoms with Gasteiger partial charge in [0, 0.05) is 32.9 Å². The third-order valence-corrected chi connectivity index (χ3v) is 7.15. The van der Waals surface area contributed by atoms with Crippen molar-refractivity contribution in [2.24, 2.45) is 7.05 Å². The first-order valence-electron chi connectivity index (χ1n) is 12.0. The zero-order valence-electron chi connectivity index (χ0n) is 20.6. The minimum atomic E-state index is -1.53. The average Bonchev–Trinajstić information content (AvgIpc) is 3.04. The Bertz CT molecular complexity index is 1440. The van der Waals surface area contributed by atoms with Crippen molar-refractivity contribution in [3.8, 4) is 11.4 Å². The molecule has 1 aromatic carbocycles. The second-order valence-corrected chi connectivity index (χ2v) is 9.43. The molecule has 1 unspecified atom stereocenters. The summed E-state index contributed by atoms with van der Waals surface area (Å²) in [6.45, 7) is 3.47. The van der Waals surface area contributed by atoms with E-state index in [-0.39, 0.29) is 24.5 Å². The Balaban J connectivity index is 1.48. The SMILES string of the molecule is Cc1nn(-c2cc(F)ccc2CNC(O)c2nc3n(c(=O)c2O)CCOCC32CCOCC2)c(=O)n1C. The number of benzene rings is 1. The van der Waals surface area contributed by atoms with E-state index >= 15 is 0 Å². The van der Waals surface area contributed by atoms with Gasteiger partial charge in [0.25, 0.3) is 5.56 Å². The van der Waals surface area contributed by atoms with Crippen LogP contribution >= 0.6 is 0 Å². The number of hydrogen-bond donors (Lipinski definition) is 3. The fourth-order valence-corrected chi connectivity index (χ4v) is 4.86. The van der Waals surface area contributed by atoms with Gasteiger partial charge in [-0.25, -0.2) is 14.2 Å². The number of nitrogens with zero attached hydrogens (tertiary/aromatic N) is 5. The van der Waals surface area contributed by atoms with E-state index in [9.17, 15) is 24.2 Å². The lowest BCUT2D eigenvalue weighted by Gasteiger charge is -2.36. The maximum absolute atomic E-state index is 14.1. The molecule has 12 nitrogen and oxygen atoms in total. The molecule has 1 atom stereocenters. The molecular formula is C24H29FN6O6. The smallest absolute Gasteiger partial charge is 0.350 e. The number of aryl methyl sites for hydroxylation is 1. The van der Waals surface area contributed by atoms with Gasteiger partial charge < -0.3 is 19.7 Å². The van der Waals surface area contributed by atoms with Gasteiger partial charge in [0.15, 0.2) is 6.23 Å². The molecule has 0 saturated carbocycles. The summed E-state index contributed by atoms with van der Waals surface area (Å²) in [4.78, 5) is 30.3. The Labute approximate surface area is 210 Å². The van der Waals surface area contributed by atoms with Gasteiger partial charge in [0.05, 0.1) is 30.9 Å². The van der Waals surface area contributed by atoms with Crippen molar-refractivity contribution in [2.45, 2.75) is 44.5 Å². The molecule has 1 saturated heterocycles. The Morgan fingerprint density at radius 3 is 2.68 bits per heavy atom. The predicted molar refractivity (Wildman–Crippen MR) is 128 cm³/mol. The van der Waals surface area contributed by atoms with Crippen molar-refractivity contribution >= 4 is 0 Å². The van der Waals surface area contributed by atoms with E-state index in [1.54, 1.807) is 14.0 Å². The van der Waals surface area contributed by atoms with E-state index in [0.717, 1.165) is 4.68 Å².